The summed E-state index contributed by atoms with van der Waals surface area (Å²) in [7, 11) is 0. The van der Waals surface area contributed by atoms with Crippen LogP contribution in [0.2, 0.25) is 0 Å². The molecule has 19 heavy (non-hydrogen) atoms. The van der Waals surface area contributed by atoms with Crippen LogP contribution in [0.1, 0.15) is 24.1 Å². The van der Waals surface area contributed by atoms with E-state index in [2.05, 4.69) is 11.4 Å². The lowest BCUT2D eigenvalue weighted by Crippen LogP contribution is -2.06. The maximum atomic E-state index is 9.47. The largest absolute Gasteiger partial charge is 0.508 e. The molecular weight excluding hydrogens is 236 g/mol. The standard InChI is InChI=1S/C16H16N2O/c1-12(14-3-2-4-16(19)11-14)18-15-7-5-13(6-8-15)9-10-17/h2-8,11-12,18-19H,9H2,1H3. The molecular formula is C16H16N2O. The molecule has 1 unspecified atom stereocenters. The van der Waals surface area contributed by atoms with Crippen molar-refractivity contribution in [2.75, 3.05) is 5.32 Å². The number of phenolic OH excluding ortho intramolecular Hbond substituents is 1. The van der Waals surface area contributed by atoms with E-state index in [1.807, 2.05) is 43.3 Å². The van der Waals surface area contributed by atoms with E-state index in [-0.39, 0.29) is 11.8 Å². The highest BCUT2D eigenvalue weighted by atomic mass is 16.3. The normalized spacial score (nSPS) is 11.6. The van der Waals surface area contributed by atoms with Gasteiger partial charge in [0.15, 0.2) is 0 Å². The quantitative estimate of drug-likeness (QED) is 0.873. The molecule has 2 aromatic rings. The monoisotopic (exact) mass is 252 g/mol. The fraction of sp³-hybridized carbons (Fsp3) is 0.188. The smallest absolute Gasteiger partial charge is 0.115 e. The molecule has 96 valence electrons. The van der Waals surface area contributed by atoms with Crippen LogP contribution in [0.5, 0.6) is 5.75 Å². The Morgan fingerprint density at radius 2 is 1.95 bits per heavy atom. The summed E-state index contributed by atoms with van der Waals surface area (Å²) in [6.07, 6.45) is 0.433. The van der Waals surface area contributed by atoms with Crippen molar-refractivity contribution in [3.05, 3.63) is 59.7 Å². The minimum atomic E-state index is 0.105. The first-order chi connectivity index (χ1) is 9.19. The molecule has 3 heteroatoms. The third-order valence-corrected chi connectivity index (χ3v) is 2.99. The maximum absolute atomic E-state index is 9.47. The zero-order valence-electron chi connectivity index (χ0n) is 10.8. The molecule has 0 amide bonds. The Balaban J connectivity index is 2.06. The summed E-state index contributed by atoms with van der Waals surface area (Å²) in [5.41, 5.74) is 3.04. The van der Waals surface area contributed by atoms with Gasteiger partial charge in [-0.3, -0.25) is 0 Å². The predicted molar refractivity (Wildman–Crippen MR) is 75.9 cm³/mol. The number of phenols is 1. The molecule has 0 aliphatic heterocycles. The van der Waals surface area contributed by atoms with E-state index < -0.39 is 0 Å². The fourth-order valence-corrected chi connectivity index (χ4v) is 1.94. The number of nitriles is 1. The van der Waals surface area contributed by atoms with E-state index in [0.717, 1.165) is 16.8 Å². The molecule has 0 saturated carbocycles. The zero-order chi connectivity index (χ0) is 13.7. The van der Waals surface area contributed by atoms with E-state index in [4.69, 9.17) is 5.26 Å². The van der Waals surface area contributed by atoms with Gasteiger partial charge in [0.2, 0.25) is 0 Å². The minimum absolute atomic E-state index is 0.105. The molecule has 0 radical (unpaired) electrons. The highest BCUT2D eigenvalue weighted by molar-refractivity contribution is 5.47. The van der Waals surface area contributed by atoms with Gasteiger partial charge in [-0.1, -0.05) is 24.3 Å². The van der Waals surface area contributed by atoms with E-state index in [1.165, 1.54) is 0 Å². The van der Waals surface area contributed by atoms with E-state index >= 15 is 0 Å². The molecule has 2 aromatic carbocycles. The Morgan fingerprint density at radius 1 is 1.21 bits per heavy atom. The van der Waals surface area contributed by atoms with Gasteiger partial charge in [-0.05, 0) is 42.3 Å². The highest BCUT2D eigenvalue weighted by Crippen LogP contribution is 2.22. The minimum Gasteiger partial charge on any atom is -0.508 e. The van der Waals surface area contributed by atoms with Gasteiger partial charge >= 0.3 is 0 Å². The van der Waals surface area contributed by atoms with Crippen LogP contribution in [0.4, 0.5) is 5.69 Å². The summed E-state index contributed by atoms with van der Waals surface area (Å²) in [6.45, 7) is 2.04. The average Bonchev–Trinajstić information content (AvgIpc) is 2.41. The van der Waals surface area contributed by atoms with Crippen LogP contribution in [0.25, 0.3) is 0 Å². The van der Waals surface area contributed by atoms with Gasteiger partial charge in [0.05, 0.1) is 12.5 Å². The third-order valence-electron chi connectivity index (χ3n) is 2.99. The van der Waals surface area contributed by atoms with E-state index in [9.17, 15) is 5.11 Å². The molecule has 0 heterocycles. The Kier molecular flexibility index (Phi) is 4.04. The number of rotatable bonds is 4. The van der Waals surface area contributed by atoms with Crippen molar-refractivity contribution in [1.82, 2.24) is 0 Å². The van der Waals surface area contributed by atoms with Crippen LogP contribution in [-0.2, 0) is 6.42 Å². The Hall–Kier alpha value is -2.47. The van der Waals surface area contributed by atoms with Gasteiger partial charge in [-0.25, -0.2) is 0 Å². The lowest BCUT2D eigenvalue weighted by Gasteiger charge is -2.16. The summed E-state index contributed by atoms with van der Waals surface area (Å²) in [4.78, 5) is 0. The summed E-state index contributed by atoms with van der Waals surface area (Å²) >= 11 is 0. The van der Waals surface area contributed by atoms with Crippen molar-refractivity contribution in [1.29, 1.82) is 5.26 Å². The Bertz CT molecular complexity index is 584. The van der Waals surface area contributed by atoms with Gasteiger partial charge in [-0.15, -0.1) is 0 Å². The van der Waals surface area contributed by atoms with E-state index in [0.29, 0.717) is 6.42 Å². The Labute approximate surface area is 113 Å². The number of nitrogens with zero attached hydrogens (tertiary/aromatic N) is 1. The van der Waals surface area contributed by atoms with Crippen LogP contribution >= 0.6 is 0 Å². The van der Waals surface area contributed by atoms with Crippen molar-refractivity contribution in [2.45, 2.75) is 19.4 Å². The lowest BCUT2D eigenvalue weighted by molar-refractivity contribution is 0.474. The molecule has 0 aromatic heterocycles. The molecule has 3 nitrogen and oxygen atoms in total. The SMILES string of the molecule is CC(Nc1ccc(CC#N)cc1)c1cccc(O)c1. The number of nitrogens with one attached hydrogen (secondary N) is 1. The second-order valence-electron chi connectivity index (χ2n) is 4.49. The molecule has 0 aliphatic rings. The first-order valence-electron chi connectivity index (χ1n) is 6.20. The second kappa shape index (κ2) is 5.92. The number of benzene rings is 2. The number of hydrogen-bond donors (Lipinski definition) is 2. The van der Waals surface area contributed by atoms with Crippen molar-refractivity contribution in [3.8, 4) is 11.8 Å². The van der Waals surface area contributed by atoms with Crippen molar-refractivity contribution in [3.63, 3.8) is 0 Å². The zero-order valence-corrected chi connectivity index (χ0v) is 10.8. The average molecular weight is 252 g/mol. The number of aromatic hydroxyl groups is 1. The van der Waals surface area contributed by atoms with Crippen LogP contribution in [0, 0.1) is 11.3 Å². The molecule has 0 spiro atoms. The summed E-state index contributed by atoms with van der Waals surface area (Å²) in [5, 5.41) is 21.4. The van der Waals surface area contributed by atoms with E-state index in [1.54, 1.807) is 12.1 Å². The number of anilines is 1. The first-order valence-corrected chi connectivity index (χ1v) is 6.20. The maximum Gasteiger partial charge on any atom is 0.115 e. The summed E-state index contributed by atoms with van der Waals surface area (Å²) in [6, 6.07) is 17.3. The van der Waals surface area contributed by atoms with Gasteiger partial charge in [0.1, 0.15) is 5.75 Å². The molecule has 2 N–H and O–H groups in total. The van der Waals surface area contributed by atoms with Crippen molar-refractivity contribution in [2.24, 2.45) is 0 Å². The fourth-order valence-electron chi connectivity index (χ4n) is 1.94. The number of hydrogen-bond acceptors (Lipinski definition) is 3. The molecule has 0 bridgehead atoms. The van der Waals surface area contributed by atoms with Crippen LogP contribution in [-0.4, -0.2) is 5.11 Å². The van der Waals surface area contributed by atoms with Crippen molar-refractivity contribution >= 4 is 5.69 Å². The molecule has 2 rings (SSSR count). The molecule has 0 aliphatic carbocycles. The predicted octanol–water partition coefficient (Wildman–Crippen LogP) is 3.63. The van der Waals surface area contributed by atoms with Crippen molar-refractivity contribution < 1.29 is 5.11 Å². The van der Waals surface area contributed by atoms with Gasteiger partial charge in [0.25, 0.3) is 0 Å². The second-order valence-corrected chi connectivity index (χ2v) is 4.49. The summed E-state index contributed by atoms with van der Waals surface area (Å²) < 4.78 is 0. The molecule has 0 fully saturated rings. The van der Waals surface area contributed by atoms with Gasteiger partial charge in [0, 0.05) is 11.7 Å². The lowest BCUT2D eigenvalue weighted by atomic mass is 10.1. The highest BCUT2D eigenvalue weighted by Gasteiger charge is 2.05. The molecule has 0 saturated heterocycles. The van der Waals surface area contributed by atoms with Crippen LogP contribution < -0.4 is 5.32 Å². The van der Waals surface area contributed by atoms with Crippen LogP contribution in [0.15, 0.2) is 48.5 Å². The topological polar surface area (TPSA) is 56.0 Å². The Morgan fingerprint density at radius 3 is 2.58 bits per heavy atom. The first kappa shape index (κ1) is 13.0. The summed E-state index contributed by atoms with van der Waals surface area (Å²) in [5.74, 6) is 0.274. The van der Waals surface area contributed by atoms with Gasteiger partial charge in [-0.2, -0.15) is 5.26 Å². The third kappa shape index (κ3) is 3.49. The molecule has 1 atom stereocenters. The van der Waals surface area contributed by atoms with Crippen LogP contribution in [0.3, 0.4) is 0 Å². The van der Waals surface area contributed by atoms with Gasteiger partial charge < -0.3 is 10.4 Å².